The van der Waals surface area contributed by atoms with Gasteiger partial charge in [-0.05, 0) is 24.6 Å². The van der Waals surface area contributed by atoms with Crippen molar-refractivity contribution in [2.45, 2.75) is 19.5 Å². The Hall–Kier alpha value is -1.97. The summed E-state index contributed by atoms with van der Waals surface area (Å²) in [5.74, 6) is -0.119. The summed E-state index contributed by atoms with van der Waals surface area (Å²) in [5.41, 5.74) is 10.4. The number of rotatable bonds is 1. The van der Waals surface area contributed by atoms with Crippen LogP contribution in [0.5, 0.6) is 0 Å². The van der Waals surface area contributed by atoms with Crippen molar-refractivity contribution in [1.29, 1.82) is 0 Å². The number of halogens is 1. The van der Waals surface area contributed by atoms with Gasteiger partial charge in [0.05, 0.1) is 5.71 Å². The summed E-state index contributed by atoms with van der Waals surface area (Å²) < 4.78 is 0. The maximum atomic E-state index is 12.1. The minimum Gasteiger partial charge on any atom is -0.303 e. The first-order valence-electron chi connectivity index (χ1n) is 6.77. The van der Waals surface area contributed by atoms with Gasteiger partial charge < -0.3 is 5.73 Å². The Kier molecular flexibility index (Phi) is 3.62. The molecule has 3 rings (SSSR count). The van der Waals surface area contributed by atoms with Crippen molar-refractivity contribution >= 4 is 23.1 Å². The SMILES string of the molecule is Cc1cccc(C2=NC(N)C(=O)Cc3c(Cl)cccc32)c1. The van der Waals surface area contributed by atoms with Crippen molar-refractivity contribution in [3.05, 3.63) is 69.7 Å². The average Bonchev–Trinajstić information content (AvgIpc) is 2.58. The van der Waals surface area contributed by atoms with Crippen LogP contribution in [0.4, 0.5) is 0 Å². The van der Waals surface area contributed by atoms with Crippen molar-refractivity contribution in [2.24, 2.45) is 10.7 Å². The highest BCUT2D eigenvalue weighted by Gasteiger charge is 2.24. The number of ketones is 1. The number of Topliss-reactive ketones (excluding diaryl/α,β-unsaturated/α-hetero) is 1. The maximum absolute atomic E-state index is 12.1. The number of aryl methyl sites for hydroxylation is 1. The lowest BCUT2D eigenvalue weighted by Crippen LogP contribution is -2.29. The van der Waals surface area contributed by atoms with Gasteiger partial charge in [0, 0.05) is 22.6 Å². The number of hydrogen-bond donors (Lipinski definition) is 1. The van der Waals surface area contributed by atoms with Crippen LogP contribution in [0.25, 0.3) is 0 Å². The Morgan fingerprint density at radius 3 is 2.76 bits per heavy atom. The molecule has 0 aliphatic carbocycles. The molecule has 0 saturated carbocycles. The number of fused-ring (bicyclic) bond motifs is 1. The Balaban J connectivity index is 2.25. The second-order valence-corrected chi connectivity index (χ2v) is 5.61. The zero-order chi connectivity index (χ0) is 15.0. The van der Waals surface area contributed by atoms with E-state index in [2.05, 4.69) is 4.99 Å². The van der Waals surface area contributed by atoms with Gasteiger partial charge in [0.2, 0.25) is 0 Å². The molecule has 4 heteroatoms. The Morgan fingerprint density at radius 1 is 1.24 bits per heavy atom. The molecule has 1 aliphatic rings. The first-order valence-corrected chi connectivity index (χ1v) is 7.15. The van der Waals surface area contributed by atoms with E-state index in [4.69, 9.17) is 17.3 Å². The van der Waals surface area contributed by atoms with Crippen LogP contribution in [0.2, 0.25) is 5.02 Å². The summed E-state index contributed by atoms with van der Waals surface area (Å²) in [6.45, 7) is 2.02. The van der Waals surface area contributed by atoms with E-state index >= 15 is 0 Å². The molecule has 0 amide bonds. The van der Waals surface area contributed by atoms with Gasteiger partial charge in [-0.15, -0.1) is 0 Å². The largest absolute Gasteiger partial charge is 0.303 e. The van der Waals surface area contributed by atoms with Gasteiger partial charge in [-0.25, -0.2) is 0 Å². The van der Waals surface area contributed by atoms with Gasteiger partial charge in [-0.2, -0.15) is 0 Å². The van der Waals surface area contributed by atoms with Crippen LogP contribution in [-0.4, -0.2) is 17.7 Å². The lowest BCUT2D eigenvalue weighted by Gasteiger charge is -2.11. The molecule has 2 aromatic carbocycles. The van der Waals surface area contributed by atoms with Gasteiger partial charge >= 0.3 is 0 Å². The van der Waals surface area contributed by atoms with E-state index in [-0.39, 0.29) is 12.2 Å². The van der Waals surface area contributed by atoms with E-state index in [0.717, 1.165) is 28.0 Å². The van der Waals surface area contributed by atoms with E-state index in [1.807, 2.05) is 43.3 Å². The highest BCUT2D eigenvalue weighted by molar-refractivity contribution is 6.32. The number of nitrogens with two attached hydrogens (primary N) is 1. The fourth-order valence-corrected chi connectivity index (χ4v) is 2.78. The van der Waals surface area contributed by atoms with Gasteiger partial charge in [0.25, 0.3) is 0 Å². The van der Waals surface area contributed by atoms with Crippen LogP contribution < -0.4 is 5.73 Å². The fourth-order valence-electron chi connectivity index (χ4n) is 2.54. The molecule has 3 nitrogen and oxygen atoms in total. The first-order chi connectivity index (χ1) is 10.1. The zero-order valence-electron chi connectivity index (χ0n) is 11.6. The van der Waals surface area contributed by atoms with Crippen LogP contribution >= 0.6 is 11.6 Å². The molecule has 0 radical (unpaired) electrons. The van der Waals surface area contributed by atoms with Gasteiger partial charge in [-0.3, -0.25) is 9.79 Å². The average molecular weight is 299 g/mol. The first kappa shape index (κ1) is 14.0. The second kappa shape index (κ2) is 5.43. The van der Waals surface area contributed by atoms with E-state index < -0.39 is 6.17 Å². The molecule has 0 spiro atoms. The third-order valence-corrected chi connectivity index (χ3v) is 3.97. The van der Waals surface area contributed by atoms with Crippen molar-refractivity contribution in [1.82, 2.24) is 0 Å². The quantitative estimate of drug-likeness (QED) is 0.880. The Morgan fingerprint density at radius 2 is 2.00 bits per heavy atom. The standard InChI is InChI=1S/C17H15ClN2O/c1-10-4-2-5-11(8-10)16-12-6-3-7-14(18)13(12)9-15(21)17(19)20-16/h2-8,17H,9,19H2,1H3. The molecule has 1 aliphatic heterocycles. The summed E-state index contributed by atoms with van der Waals surface area (Å²) >= 11 is 6.26. The third kappa shape index (κ3) is 2.62. The fraction of sp³-hybridized carbons (Fsp3) is 0.176. The molecule has 0 saturated heterocycles. The van der Waals surface area contributed by atoms with Crippen molar-refractivity contribution in [2.75, 3.05) is 0 Å². The molecular weight excluding hydrogens is 284 g/mol. The maximum Gasteiger partial charge on any atom is 0.176 e. The molecule has 0 aromatic heterocycles. The predicted octanol–water partition coefficient (Wildman–Crippen LogP) is 2.90. The lowest BCUT2D eigenvalue weighted by atomic mass is 9.95. The van der Waals surface area contributed by atoms with Gasteiger partial charge in [-0.1, -0.05) is 47.5 Å². The molecule has 1 atom stereocenters. The number of benzene rings is 2. The van der Waals surface area contributed by atoms with Crippen molar-refractivity contribution in [3.8, 4) is 0 Å². The summed E-state index contributed by atoms with van der Waals surface area (Å²) in [7, 11) is 0. The highest BCUT2D eigenvalue weighted by atomic mass is 35.5. The molecule has 2 aromatic rings. The van der Waals surface area contributed by atoms with E-state index in [9.17, 15) is 4.79 Å². The van der Waals surface area contributed by atoms with Crippen LogP contribution in [0, 0.1) is 6.92 Å². The summed E-state index contributed by atoms with van der Waals surface area (Å²) in [5, 5.41) is 0.579. The molecular formula is C17H15ClN2O. The molecule has 21 heavy (non-hydrogen) atoms. The second-order valence-electron chi connectivity index (χ2n) is 5.20. The number of carbonyl (C=O) groups excluding carboxylic acids is 1. The summed E-state index contributed by atoms with van der Waals surface area (Å²) in [4.78, 5) is 16.5. The summed E-state index contributed by atoms with van der Waals surface area (Å²) in [6.07, 6.45) is -0.626. The Bertz CT molecular complexity index is 752. The monoisotopic (exact) mass is 298 g/mol. The molecule has 106 valence electrons. The highest BCUT2D eigenvalue weighted by Crippen LogP contribution is 2.26. The predicted molar refractivity (Wildman–Crippen MR) is 85.0 cm³/mol. The number of hydrogen-bond acceptors (Lipinski definition) is 3. The third-order valence-electron chi connectivity index (χ3n) is 3.61. The molecule has 0 bridgehead atoms. The zero-order valence-corrected chi connectivity index (χ0v) is 12.4. The Labute approximate surface area is 128 Å². The van der Waals surface area contributed by atoms with Gasteiger partial charge in [0.1, 0.15) is 0 Å². The van der Waals surface area contributed by atoms with Crippen LogP contribution in [-0.2, 0) is 11.2 Å². The smallest absolute Gasteiger partial charge is 0.176 e. The van der Waals surface area contributed by atoms with Gasteiger partial charge in [0.15, 0.2) is 11.9 Å². The molecule has 2 N–H and O–H groups in total. The van der Waals surface area contributed by atoms with E-state index in [1.165, 1.54) is 0 Å². The number of nitrogens with zero attached hydrogens (tertiary/aromatic N) is 1. The minimum absolute atomic E-state index is 0.119. The van der Waals surface area contributed by atoms with Crippen LogP contribution in [0.15, 0.2) is 47.5 Å². The number of aliphatic imine (C=N–C) groups is 1. The lowest BCUT2D eigenvalue weighted by molar-refractivity contribution is -0.119. The topological polar surface area (TPSA) is 55.4 Å². The van der Waals surface area contributed by atoms with Crippen molar-refractivity contribution in [3.63, 3.8) is 0 Å². The van der Waals surface area contributed by atoms with Crippen LogP contribution in [0.1, 0.15) is 22.3 Å². The molecule has 1 unspecified atom stereocenters. The summed E-state index contributed by atoms with van der Waals surface area (Å²) in [6, 6.07) is 13.6. The van der Waals surface area contributed by atoms with E-state index in [0.29, 0.717) is 5.02 Å². The normalized spacial score (nSPS) is 18.0. The van der Waals surface area contributed by atoms with Crippen molar-refractivity contribution < 1.29 is 4.79 Å². The minimum atomic E-state index is -0.844. The number of carbonyl (C=O) groups is 1. The molecule has 1 heterocycles. The molecule has 0 fully saturated rings. The van der Waals surface area contributed by atoms with E-state index in [1.54, 1.807) is 6.07 Å². The van der Waals surface area contributed by atoms with Crippen LogP contribution in [0.3, 0.4) is 0 Å².